The number of amides is 2. The van der Waals surface area contributed by atoms with Crippen LogP contribution in [0.25, 0.3) is 0 Å². The fourth-order valence-electron chi connectivity index (χ4n) is 3.30. The van der Waals surface area contributed by atoms with Crippen molar-refractivity contribution >= 4 is 17.8 Å². The quantitative estimate of drug-likeness (QED) is 0.845. The number of fused-ring (bicyclic) bond motifs is 1. The number of aliphatic carboxylic acids is 1. The first-order chi connectivity index (χ1) is 12.4. The number of carboxylic acids is 1. The second kappa shape index (κ2) is 7.23. The Labute approximate surface area is 151 Å². The van der Waals surface area contributed by atoms with E-state index in [9.17, 15) is 14.4 Å². The Bertz CT molecular complexity index is 734. The summed E-state index contributed by atoms with van der Waals surface area (Å²) in [6, 6.07) is 4.40. The third kappa shape index (κ3) is 3.44. The van der Waals surface area contributed by atoms with Gasteiger partial charge in [0.25, 0.3) is 5.91 Å². The summed E-state index contributed by atoms with van der Waals surface area (Å²) in [5.41, 5.74) is 0.440. The molecule has 0 radical (unpaired) electrons. The van der Waals surface area contributed by atoms with Crippen LogP contribution in [0.5, 0.6) is 11.5 Å². The lowest BCUT2D eigenvalue weighted by Gasteiger charge is -2.29. The summed E-state index contributed by atoms with van der Waals surface area (Å²) in [6.45, 7) is 2.28. The van der Waals surface area contributed by atoms with E-state index < -0.39 is 17.9 Å². The van der Waals surface area contributed by atoms with Gasteiger partial charge in [0.2, 0.25) is 12.7 Å². The fraction of sp³-hybridized carbons (Fsp3) is 0.500. The molecule has 2 amide bonds. The second-order valence-electron chi connectivity index (χ2n) is 6.68. The number of hydrogen-bond donors (Lipinski definition) is 1. The Morgan fingerprint density at radius 1 is 1.31 bits per heavy atom. The number of carboxylic acid groups (broad SMARTS) is 1. The van der Waals surface area contributed by atoms with Crippen LogP contribution in [0, 0.1) is 5.92 Å². The van der Waals surface area contributed by atoms with Crippen LogP contribution < -0.4 is 9.47 Å². The third-order valence-corrected chi connectivity index (χ3v) is 4.76. The van der Waals surface area contributed by atoms with Gasteiger partial charge < -0.3 is 24.4 Å². The lowest BCUT2D eigenvalue weighted by atomic mass is 10.1. The molecule has 0 bridgehead atoms. The van der Waals surface area contributed by atoms with Crippen molar-refractivity contribution in [3.8, 4) is 11.5 Å². The summed E-state index contributed by atoms with van der Waals surface area (Å²) in [6.07, 6.45) is 1.30. The van der Waals surface area contributed by atoms with Crippen LogP contribution in [-0.4, -0.2) is 65.7 Å². The molecule has 8 heteroatoms. The first-order valence-electron chi connectivity index (χ1n) is 8.57. The molecule has 26 heavy (non-hydrogen) atoms. The molecule has 2 atom stereocenters. The molecule has 2 aliphatic rings. The van der Waals surface area contributed by atoms with Gasteiger partial charge >= 0.3 is 5.97 Å². The zero-order valence-corrected chi connectivity index (χ0v) is 14.8. The summed E-state index contributed by atoms with van der Waals surface area (Å²) in [5, 5.41) is 9.02. The number of carbonyl (C=O) groups excluding carboxylic acids is 2. The van der Waals surface area contributed by atoms with Crippen molar-refractivity contribution in [2.45, 2.75) is 25.8 Å². The Hall–Kier alpha value is -2.77. The first-order valence-corrected chi connectivity index (χ1v) is 8.57. The molecule has 1 saturated heterocycles. The minimum Gasteiger partial charge on any atom is -0.481 e. The SMILES string of the molecule is CC(CN(C)C(=O)C1CCCN1C(=O)c1ccc2c(c1)OCO2)C(=O)O. The Morgan fingerprint density at radius 2 is 2.04 bits per heavy atom. The van der Waals surface area contributed by atoms with E-state index in [0.717, 1.165) is 6.42 Å². The highest BCUT2D eigenvalue weighted by Gasteiger charge is 2.37. The number of hydrogen-bond acceptors (Lipinski definition) is 5. The summed E-state index contributed by atoms with van der Waals surface area (Å²) in [4.78, 5) is 39.6. The van der Waals surface area contributed by atoms with E-state index >= 15 is 0 Å². The van der Waals surface area contributed by atoms with Crippen LogP contribution >= 0.6 is 0 Å². The van der Waals surface area contributed by atoms with Crippen LogP contribution in [0.4, 0.5) is 0 Å². The van der Waals surface area contributed by atoms with E-state index in [-0.39, 0.29) is 25.2 Å². The topological polar surface area (TPSA) is 96.4 Å². The highest BCUT2D eigenvalue weighted by Crippen LogP contribution is 2.33. The van der Waals surface area contributed by atoms with Gasteiger partial charge in [-0.2, -0.15) is 0 Å². The minimum absolute atomic E-state index is 0.108. The number of nitrogens with zero attached hydrogens (tertiary/aromatic N) is 2. The van der Waals surface area contributed by atoms with Gasteiger partial charge in [0.1, 0.15) is 6.04 Å². The lowest BCUT2D eigenvalue weighted by Crippen LogP contribution is -2.48. The van der Waals surface area contributed by atoms with E-state index in [0.29, 0.717) is 30.0 Å². The van der Waals surface area contributed by atoms with Crippen molar-refractivity contribution in [1.29, 1.82) is 0 Å². The maximum Gasteiger partial charge on any atom is 0.308 e. The van der Waals surface area contributed by atoms with Gasteiger partial charge in [-0.15, -0.1) is 0 Å². The Morgan fingerprint density at radius 3 is 2.77 bits per heavy atom. The Balaban J connectivity index is 1.72. The average Bonchev–Trinajstić information content (AvgIpc) is 3.28. The predicted molar refractivity (Wildman–Crippen MR) is 91.1 cm³/mol. The molecule has 1 fully saturated rings. The smallest absolute Gasteiger partial charge is 0.308 e. The van der Waals surface area contributed by atoms with E-state index in [1.807, 2.05) is 0 Å². The standard InChI is InChI=1S/C18H22N2O6/c1-11(18(23)24)9-19(2)17(22)13-4-3-7-20(13)16(21)12-5-6-14-15(8-12)26-10-25-14/h5-6,8,11,13H,3-4,7,9-10H2,1-2H3,(H,23,24). The van der Waals surface area contributed by atoms with Crippen LogP contribution in [0.1, 0.15) is 30.1 Å². The third-order valence-electron chi connectivity index (χ3n) is 4.76. The van der Waals surface area contributed by atoms with Crippen LogP contribution in [0.3, 0.4) is 0 Å². The van der Waals surface area contributed by atoms with Crippen molar-refractivity contribution in [2.24, 2.45) is 5.92 Å². The molecule has 140 valence electrons. The van der Waals surface area contributed by atoms with Crippen molar-refractivity contribution in [3.63, 3.8) is 0 Å². The number of ether oxygens (including phenoxy) is 2. The molecule has 0 spiro atoms. The van der Waals surface area contributed by atoms with Gasteiger partial charge in [-0.05, 0) is 31.0 Å². The summed E-state index contributed by atoms with van der Waals surface area (Å²) in [5.74, 6) is -0.973. The van der Waals surface area contributed by atoms with E-state index in [1.165, 1.54) is 4.90 Å². The summed E-state index contributed by atoms with van der Waals surface area (Å²) in [7, 11) is 1.57. The van der Waals surface area contributed by atoms with Crippen molar-refractivity contribution in [2.75, 3.05) is 26.9 Å². The van der Waals surface area contributed by atoms with Crippen molar-refractivity contribution in [3.05, 3.63) is 23.8 Å². The normalized spacial score (nSPS) is 19.3. The van der Waals surface area contributed by atoms with Crippen molar-refractivity contribution in [1.82, 2.24) is 9.80 Å². The number of rotatable bonds is 5. The molecule has 2 aliphatic heterocycles. The molecule has 3 rings (SSSR count). The number of carbonyl (C=O) groups is 3. The second-order valence-corrected chi connectivity index (χ2v) is 6.68. The molecule has 0 aliphatic carbocycles. The molecule has 0 aromatic heterocycles. The van der Waals surface area contributed by atoms with E-state index in [4.69, 9.17) is 14.6 Å². The van der Waals surface area contributed by atoms with Gasteiger partial charge in [0, 0.05) is 25.7 Å². The zero-order chi connectivity index (χ0) is 18.8. The van der Waals surface area contributed by atoms with Gasteiger partial charge in [0.15, 0.2) is 11.5 Å². The number of likely N-dealkylation sites (N-methyl/N-ethyl adjacent to an activating group) is 1. The first kappa shape index (κ1) is 18.0. The lowest BCUT2D eigenvalue weighted by molar-refractivity contribution is -0.143. The number of likely N-dealkylation sites (tertiary alicyclic amines) is 1. The van der Waals surface area contributed by atoms with E-state index in [1.54, 1.807) is 37.1 Å². The molecule has 8 nitrogen and oxygen atoms in total. The monoisotopic (exact) mass is 362 g/mol. The molecule has 1 aromatic rings. The highest BCUT2D eigenvalue weighted by atomic mass is 16.7. The zero-order valence-electron chi connectivity index (χ0n) is 14.8. The Kier molecular flexibility index (Phi) is 5.01. The van der Waals surface area contributed by atoms with Gasteiger partial charge in [0.05, 0.1) is 5.92 Å². The molecular formula is C18H22N2O6. The molecule has 2 unspecified atom stereocenters. The molecule has 1 aromatic carbocycles. The fourth-order valence-corrected chi connectivity index (χ4v) is 3.30. The molecule has 0 saturated carbocycles. The predicted octanol–water partition coefficient (Wildman–Crippen LogP) is 1.20. The molecule has 2 heterocycles. The van der Waals surface area contributed by atoms with Crippen molar-refractivity contribution < 1.29 is 29.0 Å². The maximum absolute atomic E-state index is 12.9. The van der Waals surface area contributed by atoms with Crippen LogP contribution in [-0.2, 0) is 9.59 Å². The van der Waals surface area contributed by atoms with E-state index in [2.05, 4.69) is 0 Å². The largest absolute Gasteiger partial charge is 0.481 e. The van der Waals surface area contributed by atoms with Crippen LogP contribution in [0.2, 0.25) is 0 Å². The highest BCUT2D eigenvalue weighted by molar-refractivity contribution is 5.98. The average molecular weight is 362 g/mol. The minimum atomic E-state index is -0.954. The molecule has 1 N–H and O–H groups in total. The van der Waals surface area contributed by atoms with Gasteiger partial charge in [-0.25, -0.2) is 0 Å². The molecular weight excluding hydrogens is 340 g/mol. The van der Waals surface area contributed by atoms with Gasteiger partial charge in [-0.1, -0.05) is 6.92 Å². The summed E-state index contributed by atoms with van der Waals surface area (Å²) >= 11 is 0. The maximum atomic E-state index is 12.9. The summed E-state index contributed by atoms with van der Waals surface area (Å²) < 4.78 is 10.6. The number of benzene rings is 1. The van der Waals surface area contributed by atoms with Crippen LogP contribution in [0.15, 0.2) is 18.2 Å². The van der Waals surface area contributed by atoms with Gasteiger partial charge in [-0.3, -0.25) is 14.4 Å².